The van der Waals surface area contributed by atoms with Gasteiger partial charge in [-0.05, 0) is 44.4 Å². The van der Waals surface area contributed by atoms with Gasteiger partial charge in [0.2, 0.25) is 0 Å². The van der Waals surface area contributed by atoms with E-state index in [9.17, 15) is 9.59 Å². The Bertz CT molecular complexity index is 855. The minimum Gasteiger partial charge on any atom is -0.480 e. The van der Waals surface area contributed by atoms with Crippen molar-refractivity contribution in [2.75, 3.05) is 13.1 Å². The number of aryl methyl sites for hydroxylation is 1. The monoisotopic (exact) mass is 384 g/mol. The van der Waals surface area contributed by atoms with Gasteiger partial charge in [-0.3, -0.25) is 14.5 Å². The first-order valence-corrected chi connectivity index (χ1v) is 9.84. The van der Waals surface area contributed by atoms with E-state index >= 15 is 0 Å². The lowest BCUT2D eigenvalue weighted by Crippen LogP contribution is -2.54. The predicted molar refractivity (Wildman–Crippen MR) is 107 cm³/mol. The molecule has 0 saturated heterocycles. The molecule has 1 heterocycles. The summed E-state index contributed by atoms with van der Waals surface area (Å²) in [5.74, 6) is -0.924. The Morgan fingerprint density at radius 2 is 2.00 bits per heavy atom. The molecule has 7 heteroatoms. The molecule has 3 rings (SSSR count). The highest BCUT2D eigenvalue weighted by molar-refractivity contribution is 5.95. The number of amides is 1. The number of carboxylic acids is 1. The molecule has 1 amide bonds. The van der Waals surface area contributed by atoms with Crippen LogP contribution in [0, 0.1) is 6.92 Å². The molecule has 0 atom stereocenters. The van der Waals surface area contributed by atoms with Crippen molar-refractivity contribution in [3.63, 3.8) is 0 Å². The molecule has 1 saturated carbocycles. The van der Waals surface area contributed by atoms with Crippen LogP contribution in [0.5, 0.6) is 0 Å². The van der Waals surface area contributed by atoms with Crippen LogP contribution < -0.4 is 5.32 Å². The van der Waals surface area contributed by atoms with Crippen LogP contribution >= 0.6 is 0 Å². The minimum absolute atomic E-state index is 0.0466. The van der Waals surface area contributed by atoms with E-state index in [0.717, 1.165) is 29.8 Å². The molecule has 1 fully saturated rings. The summed E-state index contributed by atoms with van der Waals surface area (Å²) in [5.41, 5.74) is 3.58. The number of aliphatic carboxylic acids is 1. The molecule has 1 aliphatic carbocycles. The van der Waals surface area contributed by atoms with Gasteiger partial charge in [-0.25, -0.2) is 4.68 Å². The van der Waals surface area contributed by atoms with Crippen molar-refractivity contribution >= 4 is 11.9 Å². The molecule has 150 valence electrons. The van der Waals surface area contributed by atoms with Gasteiger partial charge in [0.25, 0.3) is 5.91 Å². The minimum atomic E-state index is -0.814. The van der Waals surface area contributed by atoms with Gasteiger partial charge < -0.3 is 10.4 Å². The molecule has 2 aromatic rings. The van der Waals surface area contributed by atoms with E-state index in [0.29, 0.717) is 18.5 Å². The highest BCUT2D eigenvalue weighted by Crippen LogP contribution is 2.26. The lowest BCUT2D eigenvalue weighted by Gasteiger charge is -2.42. The second-order valence-corrected chi connectivity index (χ2v) is 7.31. The number of likely N-dealkylation sites (N-methyl/N-ethyl adjacent to an activating group) is 1. The largest absolute Gasteiger partial charge is 0.480 e. The van der Waals surface area contributed by atoms with Gasteiger partial charge in [0.1, 0.15) is 0 Å². The fourth-order valence-corrected chi connectivity index (χ4v) is 3.85. The fourth-order valence-electron chi connectivity index (χ4n) is 3.85. The zero-order valence-electron chi connectivity index (χ0n) is 16.7. The molecular weight excluding hydrogens is 356 g/mol. The van der Waals surface area contributed by atoms with Crippen molar-refractivity contribution in [3.8, 4) is 5.69 Å². The Labute approximate surface area is 165 Å². The van der Waals surface area contributed by atoms with Gasteiger partial charge >= 0.3 is 5.97 Å². The number of nitrogens with zero attached hydrogens (tertiary/aromatic N) is 3. The summed E-state index contributed by atoms with van der Waals surface area (Å²) >= 11 is 0. The van der Waals surface area contributed by atoms with Gasteiger partial charge in [0, 0.05) is 12.1 Å². The van der Waals surface area contributed by atoms with Crippen LogP contribution in [0.2, 0.25) is 0 Å². The summed E-state index contributed by atoms with van der Waals surface area (Å²) in [6, 6.07) is 8.27. The van der Waals surface area contributed by atoms with E-state index in [1.54, 1.807) is 6.20 Å². The molecule has 0 unspecified atom stereocenters. The molecule has 2 N–H and O–H groups in total. The van der Waals surface area contributed by atoms with E-state index in [1.165, 1.54) is 0 Å². The number of para-hydroxylation sites is 1. The first-order chi connectivity index (χ1) is 13.4. The summed E-state index contributed by atoms with van der Waals surface area (Å²) < 4.78 is 1.85. The maximum atomic E-state index is 12.8. The summed E-state index contributed by atoms with van der Waals surface area (Å²) in [6.07, 6.45) is 3.90. The maximum absolute atomic E-state index is 12.8. The van der Waals surface area contributed by atoms with Crippen molar-refractivity contribution in [3.05, 3.63) is 47.3 Å². The van der Waals surface area contributed by atoms with Gasteiger partial charge in [-0.2, -0.15) is 5.10 Å². The number of carbonyl (C=O) groups is 2. The second-order valence-electron chi connectivity index (χ2n) is 7.31. The molecular formula is C21H28N4O3. The summed E-state index contributed by atoms with van der Waals surface area (Å²) in [6.45, 7) is 6.75. The zero-order valence-corrected chi connectivity index (χ0v) is 16.7. The Morgan fingerprint density at radius 3 is 2.61 bits per heavy atom. The van der Waals surface area contributed by atoms with Crippen molar-refractivity contribution in [2.45, 2.75) is 52.1 Å². The highest BCUT2D eigenvalue weighted by atomic mass is 16.4. The number of hydrogen-bond acceptors (Lipinski definition) is 4. The van der Waals surface area contributed by atoms with Crippen LogP contribution in [0.15, 0.2) is 30.5 Å². The number of nitrogens with one attached hydrogen (secondary N) is 1. The third-order valence-corrected chi connectivity index (χ3v) is 5.50. The third-order valence-electron chi connectivity index (χ3n) is 5.50. The summed E-state index contributed by atoms with van der Waals surface area (Å²) in [7, 11) is 0. The molecule has 28 heavy (non-hydrogen) atoms. The molecule has 1 aliphatic rings. The molecule has 0 spiro atoms. The SMILES string of the molecule is CCc1c(C(=O)NC2CC(N(CC)CC(=O)O)C2)cnn1-c1ccccc1C. The quantitative estimate of drug-likeness (QED) is 0.730. The first-order valence-electron chi connectivity index (χ1n) is 9.84. The van der Waals surface area contributed by atoms with Gasteiger partial charge in [0.15, 0.2) is 0 Å². The Kier molecular flexibility index (Phi) is 6.14. The molecule has 1 aromatic carbocycles. The van der Waals surface area contributed by atoms with Crippen molar-refractivity contribution in [1.29, 1.82) is 0 Å². The Hall–Kier alpha value is -2.67. The van der Waals surface area contributed by atoms with Crippen LogP contribution in [-0.4, -0.2) is 56.8 Å². The smallest absolute Gasteiger partial charge is 0.317 e. The summed E-state index contributed by atoms with van der Waals surface area (Å²) in [5, 5.41) is 16.5. The Balaban J connectivity index is 1.66. The van der Waals surface area contributed by atoms with Crippen LogP contribution in [0.25, 0.3) is 5.69 Å². The molecule has 7 nitrogen and oxygen atoms in total. The lowest BCUT2D eigenvalue weighted by molar-refractivity contribution is -0.139. The van der Waals surface area contributed by atoms with Gasteiger partial charge in [-0.1, -0.05) is 32.0 Å². The van der Waals surface area contributed by atoms with Crippen LogP contribution in [0.4, 0.5) is 0 Å². The fraction of sp³-hybridized carbons (Fsp3) is 0.476. The number of aromatic nitrogens is 2. The van der Waals surface area contributed by atoms with E-state index in [4.69, 9.17) is 5.11 Å². The Morgan fingerprint density at radius 1 is 1.29 bits per heavy atom. The average molecular weight is 384 g/mol. The first kappa shape index (κ1) is 20.1. The number of benzene rings is 1. The van der Waals surface area contributed by atoms with Crippen LogP contribution in [0.1, 0.15) is 48.3 Å². The number of carbonyl (C=O) groups excluding carboxylic acids is 1. The topological polar surface area (TPSA) is 87.5 Å². The van der Waals surface area contributed by atoms with E-state index in [2.05, 4.69) is 10.4 Å². The third kappa shape index (κ3) is 4.09. The van der Waals surface area contributed by atoms with E-state index < -0.39 is 5.97 Å². The average Bonchev–Trinajstić information content (AvgIpc) is 3.06. The lowest BCUT2D eigenvalue weighted by atomic mass is 9.85. The van der Waals surface area contributed by atoms with Crippen molar-refractivity contribution < 1.29 is 14.7 Å². The maximum Gasteiger partial charge on any atom is 0.317 e. The highest BCUT2D eigenvalue weighted by Gasteiger charge is 2.35. The number of rotatable bonds is 8. The van der Waals surface area contributed by atoms with Gasteiger partial charge in [0.05, 0.1) is 29.7 Å². The van der Waals surface area contributed by atoms with Crippen LogP contribution in [-0.2, 0) is 11.2 Å². The molecule has 1 aromatic heterocycles. The molecule has 0 radical (unpaired) electrons. The number of hydrogen-bond donors (Lipinski definition) is 2. The van der Waals surface area contributed by atoms with Gasteiger partial charge in [-0.15, -0.1) is 0 Å². The second kappa shape index (κ2) is 8.56. The summed E-state index contributed by atoms with van der Waals surface area (Å²) in [4.78, 5) is 25.7. The predicted octanol–water partition coefficient (Wildman–Crippen LogP) is 2.41. The van der Waals surface area contributed by atoms with Crippen molar-refractivity contribution in [1.82, 2.24) is 20.0 Å². The molecule has 0 bridgehead atoms. The van der Waals surface area contributed by atoms with E-state index in [-0.39, 0.29) is 24.5 Å². The normalized spacial score (nSPS) is 18.7. The number of carboxylic acid groups (broad SMARTS) is 1. The zero-order chi connectivity index (χ0) is 20.3. The van der Waals surface area contributed by atoms with Crippen molar-refractivity contribution in [2.24, 2.45) is 0 Å². The molecule has 0 aliphatic heterocycles. The standard InChI is InChI=1S/C21H28N4O3/c1-4-18-17(12-22-25(18)19-9-7-6-8-14(19)3)21(28)23-15-10-16(11-15)24(5-2)13-20(26)27/h6-9,12,15-16H,4-5,10-11,13H2,1-3H3,(H,23,28)(H,26,27). The van der Waals surface area contributed by atoms with Crippen LogP contribution in [0.3, 0.4) is 0 Å². The van der Waals surface area contributed by atoms with E-state index in [1.807, 2.05) is 54.6 Å².